The molecule has 0 amide bonds. The molecule has 4 nitrogen and oxygen atoms in total. The van der Waals surface area contributed by atoms with E-state index in [9.17, 15) is 15.0 Å². The number of carboxylic acids is 1. The molecule has 0 saturated heterocycles. The van der Waals surface area contributed by atoms with E-state index in [-0.39, 0.29) is 11.3 Å². The second kappa shape index (κ2) is 4.79. The van der Waals surface area contributed by atoms with Gasteiger partial charge in [0.1, 0.15) is 22.7 Å². The third-order valence-corrected chi connectivity index (χ3v) is 4.83. The number of phenols is 1. The van der Waals surface area contributed by atoms with E-state index in [0.717, 1.165) is 19.3 Å². The molecule has 0 aromatic heterocycles. The molecule has 1 aromatic rings. The lowest BCUT2D eigenvalue weighted by molar-refractivity contribution is 0.0400. The average molecular weight is 288 g/mol. The van der Waals surface area contributed by atoms with Crippen molar-refractivity contribution in [2.24, 2.45) is 5.92 Å². The fraction of sp³-hybridized carbons (Fsp3) is 0.471. The summed E-state index contributed by atoms with van der Waals surface area (Å²) in [6, 6.07) is 2.86. The van der Waals surface area contributed by atoms with E-state index in [1.165, 1.54) is 17.7 Å². The average Bonchev–Trinajstić information content (AvgIpc) is 2.79. The van der Waals surface area contributed by atoms with E-state index >= 15 is 0 Å². The Balaban J connectivity index is 1.95. The van der Waals surface area contributed by atoms with Gasteiger partial charge in [-0.05, 0) is 45.2 Å². The van der Waals surface area contributed by atoms with Gasteiger partial charge in [-0.25, -0.2) is 4.79 Å². The Labute approximate surface area is 124 Å². The first-order chi connectivity index (χ1) is 9.90. The molecule has 4 heteroatoms. The molecule has 0 saturated carbocycles. The van der Waals surface area contributed by atoms with E-state index in [2.05, 4.69) is 13.0 Å². The third kappa shape index (κ3) is 2.28. The first-order valence-corrected chi connectivity index (χ1v) is 7.33. The van der Waals surface area contributed by atoms with Gasteiger partial charge in [-0.3, -0.25) is 0 Å². The van der Waals surface area contributed by atoms with Crippen molar-refractivity contribution in [1.82, 2.24) is 0 Å². The number of carboxylic acid groups (broad SMARTS) is 1. The number of ether oxygens (including phenoxy) is 1. The number of aromatic hydroxyl groups is 1. The molecule has 0 bridgehead atoms. The number of phenolic OH excluding ortho intramolecular Hbond substituents is 1. The van der Waals surface area contributed by atoms with E-state index < -0.39 is 11.6 Å². The molecule has 1 aliphatic heterocycles. The second-order valence-corrected chi connectivity index (χ2v) is 6.36. The number of hydrogen-bond acceptors (Lipinski definition) is 3. The van der Waals surface area contributed by atoms with Gasteiger partial charge in [0.05, 0.1) is 0 Å². The fourth-order valence-electron chi connectivity index (χ4n) is 3.44. The predicted octanol–water partition coefficient (Wildman–Crippen LogP) is 3.53. The van der Waals surface area contributed by atoms with Gasteiger partial charge in [0, 0.05) is 17.9 Å². The Bertz CT molecular complexity index is 632. The normalized spacial score (nSPS) is 27.7. The van der Waals surface area contributed by atoms with Gasteiger partial charge in [-0.1, -0.05) is 11.6 Å². The zero-order chi connectivity index (χ0) is 15.2. The fourth-order valence-corrected chi connectivity index (χ4v) is 3.44. The van der Waals surface area contributed by atoms with Crippen LogP contribution in [0.25, 0.3) is 0 Å². The molecule has 0 spiro atoms. The number of aromatic carboxylic acids is 1. The van der Waals surface area contributed by atoms with Crippen LogP contribution in [0.2, 0.25) is 0 Å². The number of allylic oxidation sites excluding steroid dienone is 2. The van der Waals surface area contributed by atoms with Gasteiger partial charge >= 0.3 is 5.97 Å². The first-order valence-electron chi connectivity index (χ1n) is 7.33. The number of benzene rings is 1. The second-order valence-electron chi connectivity index (χ2n) is 6.36. The SMILES string of the molecule is CC1=CC[C@H](C2(C)Cc3c(O)ccc(C(=O)O)c3O2)CC1. The van der Waals surface area contributed by atoms with Crippen molar-refractivity contribution in [2.45, 2.75) is 45.1 Å². The summed E-state index contributed by atoms with van der Waals surface area (Å²) in [5.41, 5.74) is 1.72. The number of hydrogen-bond donors (Lipinski definition) is 2. The molecular formula is C17H20O4. The summed E-state index contributed by atoms with van der Waals surface area (Å²) in [5, 5.41) is 19.3. The van der Waals surface area contributed by atoms with Crippen LogP contribution in [-0.4, -0.2) is 21.8 Å². The minimum atomic E-state index is -1.02. The summed E-state index contributed by atoms with van der Waals surface area (Å²) < 4.78 is 6.07. The van der Waals surface area contributed by atoms with Crippen molar-refractivity contribution < 1.29 is 19.7 Å². The summed E-state index contributed by atoms with van der Waals surface area (Å²) in [5.74, 6) is -0.206. The minimum absolute atomic E-state index is 0.126. The highest BCUT2D eigenvalue weighted by Gasteiger charge is 2.44. The van der Waals surface area contributed by atoms with E-state index in [0.29, 0.717) is 23.7 Å². The molecule has 1 heterocycles. The first kappa shape index (κ1) is 14.0. The molecule has 3 rings (SSSR count). The van der Waals surface area contributed by atoms with Crippen molar-refractivity contribution in [3.63, 3.8) is 0 Å². The van der Waals surface area contributed by atoms with Crippen molar-refractivity contribution in [3.05, 3.63) is 34.9 Å². The monoisotopic (exact) mass is 288 g/mol. The smallest absolute Gasteiger partial charge is 0.339 e. The molecule has 2 N–H and O–H groups in total. The van der Waals surface area contributed by atoms with Crippen LogP contribution in [0.5, 0.6) is 11.5 Å². The molecule has 21 heavy (non-hydrogen) atoms. The van der Waals surface area contributed by atoms with E-state index in [4.69, 9.17) is 4.74 Å². The van der Waals surface area contributed by atoms with Crippen molar-refractivity contribution in [1.29, 1.82) is 0 Å². The molecule has 2 atom stereocenters. The Hall–Kier alpha value is -1.97. The van der Waals surface area contributed by atoms with E-state index in [1.54, 1.807) is 0 Å². The topological polar surface area (TPSA) is 66.8 Å². The van der Waals surface area contributed by atoms with Gasteiger partial charge in [0.2, 0.25) is 0 Å². The molecule has 112 valence electrons. The summed E-state index contributed by atoms with van der Waals surface area (Å²) in [6.07, 6.45) is 5.84. The Morgan fingerprint density at radius 1 is 1.43 bits per heavy atom. The maximum absolute atomic E-state index is 11.3. The highest BCUT2D eigenvalue weighted by molar-refractivity contribution is 5.92. The minimum Gasteiger partial charge on any atom is -0.508 e. The molecule has 1 aliphatic carbocycles. The quantitative estimate of drug-likeness (QED) is 0.817. The highest BCUT2D eigenvalue weighted by Crippen LogP contribution is 2.48. The van der Waals surface area contributed by atoms with Crippen LogP contribution < -0.4 is 4.74 Å². The number of fused-ring (bicyclic) bond motifs is 1. The van der Waals surface area contributed by atoms with Gasteiger partial charge in [0.15, 0.2) is 0 Å². The molecule has 0 fully saturated rings. The predicted molar refractivity (Wildman–Crippen MR) is 78.9 cm³/mol. The van der Waals surface area contributed by atoms with Crippen molar-refractivity contribution >= 4 is 5.97 Å². The molecule has 2 aliphatic rings. The molecular weight excluding hydrogens is 268 g/mol. The zero-order valence-corrected chi connectivity index (χ0v) is 12.3. The summed E-state index contributed by atoms with van der Waals surface area (Å²) in [4.78, 5) is 11.3. The molecule has 0 radical (unpaired) electrons. The highest BCUT2D eigenvalue weighted by atomic mass is 16.5. The zero-order valence-electron chi connectivity index (χ0n) is 12.3. The largest absolute Gasteiger partial charge is 0.508 e. The lowest BCUT2D eigenvalue weighted by Crippen LogP contribution is -2.40. The van der Waals surface area contributed by atoms with Crippen LogP contribution in [-0.2, 0) is 6.42 Å². The standard InChI is InChI=1S/C17H20O4/c1-10-3-5-11(6-4-10)17(2)9-13-14(18)8-7-12(16(19)20)15(13)21-17/h3,7-8,11,18H,4-6,9H2,1-2H3,(H,19,20)/t11-,17?/m0/s1. The van der Waals surface area contributed by atoms with Crippen LogP contribution >= 0.6 is 0 Å². The van der Waals surface area contributed by atoms with Crippen LogP contribution in [0.3, 0.4) is 0 Å². The lowest BCUT2D eigenvalue weighted by atomic mass is 9.76. The molecule has 1 unspecified atom stereocenters. The number of rotatable bonds is 2. The van der Waals surface area contributed by atoms with Crippen LogP contribution in [0, 0.1) is 5.92 Å². The van der Waals surface area contributed by atoms with E-state index in [1.807, 2.05) is 6.92 Å². The maximum Gasteiger partial charge on any atom is 0.339 e. The van der Waals surface area contributed by atoms with Crippen LogP contribution in [0.4, 0.5) is 0 Å². The third-order valence-electron chi connectivity index (χ3n) is 4.83. The van der Waals surface area contributed by atoms with Crippen LogP contribution in [0.1, 0.15) is 49.0 Å². The maximum atomic E-state index is 11.3. The summed E-state index contributed by atoms with van der Waals surface area (Å²) >= 11 is 0. The van der Waals surface area contributed by atoms with Crippen molar-refractivity contribution in [2.75, 3.05) is 0 Å². The Morgan fingerprint density at radius 2 is 2.19 bits per heavy atom. The summed E-state index contributed by atoms with van der Waals surface area (Å²) in [6.45, 7) is 4.16. The van der Waals surface area contributed by atoms with Gasteiger partial charge in [-0.15, -0.1) is 0 Å². The Morgan fingerprint density at radius 3 is 2.81 bits per heavy atom. The summed E-state index contributed by atoms with van der Waals surface area (Å²) in [7, 11) is 0. The van der Waals surface area contributed by atoms with Gasteiger partial charge in [-0.2, -0.15) is 0 Å². The van der Waals surface area contributed by atoms with Crippen molar-refractivity contribution in [3.8, 4) is 11.5 Å². The van der Waals surface area contributed by atoms with Gasteiger partial charge < -0.3 is 14.9 Å². The van der Waals surface area contributed by atoms with Crippen LogP contribution in [0.15, 0.2) is 23.8 Å². The van der Waals surface area contributed by atoms with Gasteiger partial charge in [0.25, 0.3) is 0 Å². The molecule has 1 aromatic carbocycles. The number of carbonyl (C=O) groups is 1. The Kier molecular flexibility index (Phi) is 3.19. The lowest BCUT2D eigenvalue weighted by Gasteiger charge is -2.35.